The minimum Gasteiger partial charge on any atom is -0.343 e. The van der Waals surface area contributed by atoms with Gasteiger partial charge in [-0.25, -0.2) is 0 Å². The smallest absolute Gasteiger partial charge is 0.213 e. The molecule has 0 bridgehead atoms. The van der Waals surface area contributed by atoms with Crippen LogP contribution in [0.1, 0.15) is 11.6 Å². The van der Waals surface area contributed by atoms with Crippen molar-refractivity contribution in [2.75, 3.05) is 6.54 Å². The summed E-state index contributed by atoms with van der Waals surface area (Å²) < 4.78 is 6.38. The Labute approximate surface area is 114 Å². The van der Waals surface area contributed by atoms with Gasteiger partial charge in [0.1, 0.15) is 0 Å². The van der Waals surface area contributed by atoms with Gasteiger partial charge in [-0.15, -0.1) is 5.10 Å². The van der Waals surface area contributed by atoms with E-state index in [1.165, 1.54) is 6.39 Å². The molecule has 0 fully saturated rings. The van der Waals surface area contributed by atoms with Crippen LogP contribution in [0.4, 0.5) is 0 Å². The van der Waals surface area contributed by atoms with Gasteiger partial charge in [0.05, 0.1) is 12.2 Å². The molecule has 0 radical (unpaired) electrons. The molecule has 2 heterocycles. The minimum atomic E-state index is 0.569. The molecule has 0 amide bonds. The van der Waals surface area contributed by atoms with E-state index in [2.05, 4.69) is 35.5 Å². The third-order valence-corrected chi connectivity index (χ3v) is 2.75. The number of aromatic nitrogens is 6. The molecule has 1 N–H and O–H groups in total. The van der Waals surface area contributed by atoms with Gasteiger partial charge >= 0.3 is 0 Å². The van der Waals surface area contributed by atoms with Crippen molar-refractivity contribution < 1.29 is 4.52 Å². The fourth-order valence-corrected chi connectivity index (χ4v) is 1.79. The Kier molecular flexibility index (Phi) is 3.74. The second-order valence-electron chi connectivity index (χ2n) is 4.12. The second kappa shape index (κ2) is 6.02. The first kappa shape index (κ1) is 12.4. The zero-order valence-corrected chi connectivity index (χ0v) is 10.7. The van der Waals surface area contributed by atoms with E-state index in [9.17, 15) is 0 Å². The van der Waals surface area contributed by atoms with Gasteiger partial charge in [0.2, 0.25) is 6.39 Å². The molecule has 20 heavy (non-hydrogen) atoms. The van der Waals surface area contributed by atoms with E-state index >= 15 is 0 Å². The van der Waals surface area contributed by atoms with E-state index in [4.69, 9.17) is 0 Å². The molecule has 0 aliphatic rings. The lowest BCUT2D eigenvalue weighted by Crippen LogP contribution is -2.20. The summed E-state index contributed by atoms with van der Waals surface area (Å²) in [7, 11) is 0. The summed E-state index contributed by atoms with van der Waals surface area (Å²) in [5.41, 5.74) is 0.937. The van der Waals surface area contributed by atoms with E-state index in [0.29, 0.717) is 18.8 Å². The molecule has 0 atom stereocenters. The molecule has 1 aromatic carbocycles. The maximum absolute atomic E-state index is 4.67. The van der Waals surface area contributed by atoms with Crippen molar-refractivity contribution in [2.24, 2.45) is 0 Å². The van der Waals surface area contributed by atoms with E-state index in [1.807, 2.05) is 30.3 Å². The number of hydrogen-bond donors (Lipinski definition) is 1. The zero-order valence-electron chi connectivity index (χ0n) is 10.7. The average Bonchev–Trinajstić information content (AvgIpc) is 3.16. The highest BCUT2D eigenvalue weighted by Gasteiger charge is 2.07. The van der Waals surface area contributed by atoms with Gasteiger partial charge in [-0.2, -0.15) is 9.67 Å². The van der Waals surface area contributed by atoms with Crippen LogP contribution in [-0.2, 0) is 13.0 Å². The van der Waals surface area contributed by atoms with Gasteiger partial charge in [0, 0.05) is 13.0 Å². The van der Waals surface area contributed by atoms with E-state index in [0.717, 1.165) is 18.1 Å². The number of nitrogens with one attached hydrogen (secondary N) is 1. The normalized spacial score (nSPS) is 10.8. The van der Waals surface area contributed by atoms with E-state index in [1.54, 1.807) is 4.68 Å². The SMILES string of the molecule is c1ccc(-n2nnnc2CNCCc2ncon2)cc1. The molecule has 3 aromatic rings. The first-order valence-electron chi connectivity index (χ1n) is 6.22. The summed E-state index contributed by atoms with van der Waals surface area (Å²) in [6.07, 6.45) is 2.02. The van der Waals surface area contributed by atoms with Gasteiger partial charge in [-0.1, -0.05) is 23.4 Å². The van der Waals surface area contributed by atoms with Crippen molar-refractivity contribution in [3.05, 3.63) is 48.4 Å². The van der Waals surface area contributed by atoms with Crippen molar-refractivity contribution >= 4 is 0 Å². The summed E-state index contributed by atoms with van der Waals surface area (Å²) in [5.74, 6) is 1.43. The molecular weight excluding hydrogens is 258 g/mol. The maximum Gasteiger partial charge on any atom is 0.213 e. The maximum atomic E-state index is 4.67. The quantitative estimate of drug-likeness (QED) is 0.647. The molecule has 0 spiro atoms. The Morgan fingerprint density at radius 1 is 1.20 bits per heavy atom. The largest absolute Gasteiger partial charge is 0.343 e. The third-order valence-electron chi connectivity index (χ3n) is 2.75. The van der Waals surface area contributed by atoms with Crippen molar-refractivity contribution in [3.8, 4) is 5.69 Å². The number of hydrogen-bond acceptors (Lipinski definition) is 7. The summed E-state index contributed by atoms with van der Waals surface area (Å²) in [6.45, 7) is 1.29. The van der Waals surface area contributed by atoms with Gasteiger partial charge in [-0.05, 0) is 22.6 Å². The van der Waals surface area contributed by atoms with E-state index in [-0.39, 0.29) is 0 Å². The van der Waals surface area contributed by atoms with Crippen molar-refractivity contribution in [1.82, 2.24) is 35.7 Å². The molecule has 0 aliphatic carbocycles. The molecular formula is C12H13N7O. The lowest BCUT2D eigenvalue weighted by molar-refractivity contribution is 0.409. The Morgan fingerprint density at radius 2 is 2.10 bits per heavy atom. The lowest BCUT2D eigenvalue weighted by atomic mass is 10.3. The first-order valence-corrected chi connectivity index (χ1v) is 6.22. The van der Waals surface area contributed by atoms with Crippen LogP contribution < -0.4 is 5.32 Å². The third kappa shape index (κ3) is 2.86. The number of para-hydroxylation sites is 1. The van der Waals surface area contributed by atoms with Crippen LogP contribution in [0.2, 0.25) is 0 Å². The number of benzene rings is 1. The van der Waals surface area contributed by atoms with Crippen LogP contribution in [0.25, 0.3) is 5.69 Å². The monoisotopic (exact) mass is 271 g/mol. The zero-order chi connectivity index (χ0) is 13.6. The van der Waals surface area contributed by atoms with Gasteiger partial charge < -0.3 is 9.84 Å². The summed E-state index contributed by atoms with van der Waals surface area (Å²) in [4.78, 5) is 3.95. The lowest BCUT2D eigenvalue weighted by Gasteiger charge is -2.05. The van der Waals surface area contributed by atoms with Crippen LogP contribution in [0.5, 0.6) is 0 Å². The Bertz CT molecular complexity index is 635. The van der Waals surface area contributed by atoms with Crippen LogP contribution in [0, 0.1) is 0 Å². The highest BCUT2D eigenvalue weighted by Crippen LogP contribution is 2.06. The molecule has 3 rings (SSSR count). The standard InChI is InChI=1S/C12H13N7O/c1-2-4-10(5-3-1)19-12(15-17-18-19)8-13-7-6-11-14-9-20-16-11/h1-5,9,13H,6-8H2. The molecule has 0 saturated carbocycles. The molecule has 102 valence electrons. The fraction of sp³-hybridized carbons (Fsp3) is 0.250. The molecule has 0 unspecified atom stereocenters. The Hall–Kier alpha value is -2.61. The van der Waals surface area contributed by atoms with Gasteiger partial charge in [-0.3, -0.25) is 0 Å². The highest BCUT2D eigenvalue weighted by molar-refractivity contribution is 5.30. The molecule has 8 heteroatoms. The van der Waals surface area contributed by atoms with Crippen LogP contribution in [-0.4, -0.2) is 36.9 Å². The van der Waals surface area contributed by atoms with Crippen LogP contribution >= 0.6 is 0 Å². The minimum absolute atomic E-state index is 0.569. The topological polar surface area (TPSA) is 94.6 Å². The molecule has 8 nitrogen and oxygen atoms in total. The van der Waals surface area contributed by atoms with Crippen molar-refractivity contribution in [3.63, 3.8) is 0 Å². The van der Waals surface area contributed by atoms with Crippen LogP contribution in [0.3, 0.4) is 0 Å². The Morgan fingerprint density at radius 3 is 2.90 bits per heavy atom. The summed E-state index contributed by atoms with van der Waals surface area (Å²) >= 11 is 0. The van der Waals surface area contributed by atoms with E-state index < -0.39 is 0 Å². The summed E-state index contributed by atoms with van der Waals surface area (Å²) in [6, 6.07) is 9.77. The molecule has 2 aromatic heterocycles. The number of nitrogens with zero attached hydrogens (tertiary/aromatic N) is 6. The van der Waals surface area contributed by atoms with Crippen molar-refractivity contribution in [1.29, 1.82) is 0 Å². The van der Waals surface area contributed by atoms with Crippen molar-refractivity contribution in [2.45, 2.75) is 13.0 Å². The average molecular weight is 271 g/mol. The van der Waals surface area contributed by atoms with Gasteiger partial charge in [0.15, 0.2) is 11.6 Å². The van der Waals surface area contributed by atoms with Gasteiger partial charge in [0.25, 0.3) is 0 Å². The number of rotatable bonds is 6. The first-order chi connectivity index (χ1) is 9.93. The Balaban J connectivity index is 1.57. The predicted octanol–water partition coefficient (Wildman–Crippen LogP) is 0.378. The highest BCUT2D eigenvalue weighted by atomic mass is 16.5. The number of tetrazole rings is 1. The fourth-order valence-electron chi connectivity index (χ4n) is 1.79. The molecule has 0 aliphatic heterocycles. The predicted molar refractivity (Wildman–Crippen MR) is 68.9 cm³/mol. The van der Waals surface area contributed by atoms with Crippen LogP contribution in [0.15, 0.2) is 41.2 Å². The summed E-state index contributed by atoms with van der Waals surface area (Å²) in [5, 5.41) is 18.7. The second-order valence-corrected chi connectivity index (χ2v) is 4.12. The molecule has 0 saturated heterocycles.